The Labute approximate surface area is 277 Å². The molecule has 1 amide bonds. The number of amides is 1. The molecule has 7 nitrogen and oxygen atoms in total. The highest BCUT2D eigenvalue weighted by molar-refractivity contribution is 5.72. The van der Waals surface area contributed by atoms with Crippen molar-refractivity contribution in [2.24, 2.45) is 0 Å². The SMILES string of the molecule is CC(=O)NCc1cc([C@@H](OCc2ccccc2)[C@H](OCc2ccccc2)[C@@H](COCc2ccccc2)OCc2ccccc2)oc1C. The summed E-state index contributed by atoms with van der Waals surface area (Å²) in [6.45, 7) is 5.44. The minimum Gasteiger partial charge on any atom is -0.463 e. The Morgan fingerprint density at radius 1 is 0.660 bits per heavy atom. The summed E-state index contributed by atoms with van der Waals surface area (Å²) in [4.78, 5) is 11.7. The topological polar surface area (TPSA) is 79.2 Å². The Balaban J connectivity index is 1.49. The zero-order chi connectivity index (χ0) is 32.7. The second kappa shape index (κ2) is 18.0. The average Bonchev–Trinajstić information content (AvgIpc) is 3.48. The fourth-order valence-corrected chi connectivity index (χ4v) is 5.22. The van der Waals surface area contributed by atoms with Crippen LogP contribution in [0.25, 0.3) is 0 Å². The van der Waals surface area contributed by atoms with E-state index in [-0.39, 0.29) is 12.5 Å². The maximum absolute atomic E-state index is 11.7. The number of nitrogens with one attached hydrogen (secondary N) is 1. The van der Waals surface area contributed by atoms with Gasteiger partial charge in [-0.15, -0.1) is 0 Å². The summed E-state index contributed by atoms with van der Waals surface area (Å²) in [7, 11) is 0. The lowest BCUT2D eigenvalue weighted by molar-refractivity contribution is -0.174. The summed E-state index contributed by atoms with van der Waals surface area (Å²) in [6, 6.07) is 42.1. The normalized spacial score (nSPS) is 13.1. The third kappa shape index (κ3) is 10.8. The number of rotatable bonds is 18. The van der Waals surface area contributed by atoms with Crippen molar-refractivity contribution in [2.75, 3.05) is 6.61 Å². The predicted molar refractivity (Wildman–Crippen MR) is 181 cm³/mol. The van der Waals surface area contributed by atoms with Gasteiger partial charge >= 0.3 is 0 Å². The van der Waals surface area contributed by atoms with Crippen LogP contribution in [0.15, 0.2) is 132 Å². The van der Waals surface area contributed by atoms with E-state index in [0.717, 1.165) is 27.8 Å². The molecule has 3 atom stereocenters. The number of hydrogen-bond donors (Lipinski definition) is 1. The Kier molecular flexibility index (Phi) is 12.9. The van der Waals surface area contributed by atoms with Crippen LogP contribution in [0.1, 0.15) is 52.4 Å². The highest BCUT2D eigenvalue weighted by Crippen LogP contribution is 2.33. The number of carbonyl (C=O) groups is 1. The molecule has 1 heterocycles. The quantitative estimate of drug-likeness (QED) is 0.106. The molecule has 0 aliphatic carbocycles. The molecular formula is C40H43NO6. The fourth-order valence-electron chi connectivity index (χ4n) is 5.22. The van der Waals surface area contributed by atoms with Gasteiger partial charge in [-0.2, -0.15) is 0 Å². The first kappa shape index (κ1) is 33.8. The second-order valence-corrected chi connectivity index (χ2v) is 11.5. The van der Waals surface area contributed by atoms with Crippen molar-refractivity contribution in [1.82, 2.24) is 5.32 Å². The third-order valence-electron chi connectivity index (χ3n) is 7.77. The maximum Gasteiger partial charge on any atom is 0.217 e. The Morgan fingerprint density at radius 2 is 1.13 bits per heavy atom. The van der Waals surface area contributed by atoms with E-state index in [1.807, 2.05) is 134 Å². The van der Waals surface area contributed by atoms with Gasteiger partial charge in [0.2, 0.25) is 5.91 Å². The van der Waals surface area contributed by atoms with E-state index in [2.05, 4.69) is 5.32 Å². The summed E-state index contributed by atoms with van der Waals surface area (Å²) < 4.78 is 32.8. The highest BCUT2D eigenvalue weighted by atomic mass is 16.6. The number of hydrogen-bond acceptors (Lipinski definition) is 6. The molecule has 244 valence electrons. The molecule has 1 N–H and O–H groups in total. The predicted octanol–water partition coefficient (Wildman–Crippen LogP) is 7.87. The molecule has 0 aliphatic heterocycles. The van der Waals surface area contributed by atoms with Crippen LogP contribution in [0.4, 0.5) is 0 Å². The Bertz CT molecular complexity index is 1610. The lowest BCUT2D eigenvalue weighted by Gasteiger charge is -2.33. The van der Waals surface area contributed by atoms with Crippen molar-refractivity contribution in [2.45, 2.75) is 65.1 Å². The van der Waals surface area contributed by atoms with Crippen LogP contribution in [-0.4, -0.2) is 24.7 Å². The van der Waals surface area contributed by atoms with Gasteiger partial charge in [-0.25, -0.2) is 0 Å². The van der Waals surface area contributed by atoms with Crippen LogP contribution in [0, 0.1) is 6.92 Å². The summed E-state index contributed by atoms with van der Waals surface area (Å²) in [6.07, 6.45) is -1.82. The van der Waals surface area contributed by atoms with Crippen molar-refractivity contribution >= 4 is 5.91 Å². The molecule has 0 aliphatic rings. The van der Waals surface area contributed by atoms with Gasteiger partial charge in [0.15, 0.2) is 0 Å². The van der Waals surface area contributed by atoms with Gasteiger partial charge in [-0.3, -0.25) is 4.79 Å². The number of aryl methyl sites for hydroxylation is 1. The van der Waals surface area contributed by atoms with Gasteiger partial charge in [-0.1, -0.05) is 121 Å². The number of benzene rings is 4. The summed E-state index contributed by atoms with van der Waals surface area (Å²) in [5, 5.41) is 2.88. The molecular weight excluding hydrogens is 590 g/mol. The van der Waals surface area contributed by atoms with Gasteiger partial charge in [-0.05, 0) is 35.2 Å². The van der Waals surface area contributed by atoms with E-state index in [4.69, 9.17) is 23.4 Å². The summed E-state index contributed by atoms with van der Waals surface area (Å²) >= 11 is 0. The van der Waals surface area contributed by atoms with E-state index >= 15 is 0 Å². The molecule has 5 aromatic rings. The first-order valence-electron chi connectivity index (χ1n) is 16.0. The van der Waals surface area contributed by atoms with Crippen LogP contribution in [0.3, 0.4) is 0 Å². The third-order valence-corrected chi connectivity index (χ3v) is 7.77. The molecule has 4 aromatic carbocycles. The average molecular weight is 634 g/mol. The zero-order valence-corrected chi connectivity index (χ0v) is 27.0. The van der Waals surface area contributed by atoms with E-state index in [1.165, 1.54) is 6.92 Å². The fraction of sp³-hybridized carbons (Fsp3) is 0.275. The van der Waals surface area contributed by atoms with Crippen molar-refractivity contribution in [3.05, 3.63) is 167 Å². The van der Waals surface area contributed by atoms with E-state index in [1.54, 1.807) is 0 Å². The van der Waals surface area contributed by atoms with E-state index in [9.17, 15) is 4.79 Å². The van der Waals surface area contributed by atoms with Crippen LogP contribution >= 0.6 is 0 Å². The summed E-state index contributed by atoms with van der Waals surface area (Å²) in [5.41, 5.74) is 5.01. The van der Waals surface area contributed by atoms with Gasteiger partial charge in [0.1, 0.15) is 29.8 Å². The lowest BCUT2D eigenvalue weighted by Crippen LogP contribution is -2.41. The first-order chi connectivity index (χ1) is 23.0. The molecule has 0 unspecified atom stereocenters. The molecule has 7 heteroatoms. The minimum absolute atomic E-state index is 0.113. The number of furan rings is 1. The zero-order valence-electron chi connectivity index (χ0n) is 27.0. The second-order valence-electron chi connectivity index (χ2n) is 11.5. The standard InChI is InChI=1S/C40H43NO6/c1-30-36(24-41-31(2)42)23-37(47-30)39(45-27-34-19-11-5-12-20-34)40(46-28-35-21-13-6-14-22-35)38(44-26-33-17-9-4-10-18-33)29-43-25-32-15-7-3-8-16-32/h3-23,38-40H,24-29H2,1-2H3,(H,41,42)/t38-,39-,40-/m1/s1. The number of ether oxygens (including phenoxy) is 4. The minimum atomic E-state index is -0.662. The van der Waals surface area contributed by atoms with Crippen LogP contribution < -0.4 is 5.32 Å². The van der Waals surface area contributed by atoms with Crippen molar-refractivity contribution < 1.29 is 28.2 Å². The van der Waals surface area contributed by atoms with E-state index < -0.39 is 18.3 Å². The van der Waals surface area contributed by atoms with Gasteiger partial charge < -0.3 is 28.7 Å². The number of carbonyl (C=O) groups excluding carboxylic acids is 1. The van der Waals surface area contributed by atoms with E-state index in [0.29, 0.717) is 44.5 Å². The summed E-state index contributed by atoms with van der Waals surface area (Å²) in [5.74, 6) is 1.18. The molecule has 0 saturated carbocycles. The molecule has 0 radical (unpaired) electrons. The first-order valence-corrected chi connectivity index (χ1v) is 16.0. The van der Waals surface area contributed by atoms with Crippen LogP contribution in [-0.2, 0) is 56.7 Å². The van der Waals surface area contributed by atoms with Crippen molar-refractivity contribution in [1.29, 1.82) is 0 Å². The smallest absolute Gasteiger partial charge is 0.217 e. The van der Waals surface area contributed by atoms with Crippen molar-refractivity contribution in [3.8, 4) is 0 Å². The molecule has 0 spiro atoms. The highest BCUT2D eigenvalue weighted by Gasteiger charge is 2.36. The molecule has 0 bridgehead atoms. The van der Waals surface area contributed by atoms with Crippen molar-refractivity contribution in [3.63, 3.8) is 0 Å². The van der Waals surface area contributed by atoms with Crippen LogP contribution in [0.5, 0.6) is 0 Å². The largest absolute Gasteiger partial charge is 0.463 e. The molecule has 5 rings (SSSR count). The molecule has 47 heavy (non-hydrogen) atoms. The van der Waals surface area contributed by atoms with Gasteiger partial charge in [0.25, 0.3) is 0 Å². The van der Waals surface area contributed by atoms with Gasteiger partial charge in [0, 0.05) is 19.0 Å². The molecule has 1 aromatic heterocycles. The van der Waals surface area contributed by atoms with Crippen LogP contribution in [0.2, 0.25) is 0 Å². The monoisotopic (exact) mass is 633 g/mol. The molecule has 0 fully saturated rings. The van der Waals surface area contributed by atoms with Gasteiger partial charge in [0.05, 0.1) is 33.0 Å². The Hall–Kier alpha value is -4.53. The maximum atomic E-state index is 11.7. The molecule has 0 saturated heterocycles. The Morgan fingerprint density at radius 3 is 1.64 bits per heavy atom. The lowest BCUT2D eigenvalue weighted by atomic mass is 10.0.